The molecular weight excluding hydrogens is 352 g/mol. The van der Waals surface area contributed by atoms with Crippen molar-refractivity contribution in [2.24, 2.45) is 0 Å². The third kappa shape index (κ3) is 3.09. The van der Waals surface area contributed by atoms with E-state index in [1.54, 1.807) is 36.4 Å². The number of nitrogens with zero attached hydrogens (tertiary/aromatic N) is 1. The van der Waals surface area contributed by atoms with Crippen molar-refractivity contribution in [3.63, 3.8) is 0 Å². The number of nitrogens with one attached hydrogen (secondary N) is 1. The molecule has 1 aromatic heterocycles. The summed E-state index contributed by atoms with van der Waals surface area (Å²) in [6.45, 7) is 0. The van der Waals surface area contributed by atoms with Gasteiger partial charge in [0.2, 0.25) is 0 Å². The highest BCUT2D eigenvalue weighted by Gasteiger charge is 2.17. The second-order valence-electron chi connectivity index (χ2n) is 4.88. The lowest BCUT2D eigenvalue weighted by Crippen LogP contribution is -2.05. The normalized spacial score (nSPS) is 12.1. The number of anilines is 2. The first-order chi connectivity index (χ1) is 11.5. The predicted molar refractivity (Wildman–Crippen MR) is 92.5 cm³/mol. The summed E-state index contributed by atoms with van der Waals surface area (Å²) >= 11 is 3.71. The lowest BCUT2D eigenvalue weighted by Gasteiger charge is -2.14. The molecule has 0 aliphatic rings. The number of hydrogen-bond donors (Lipinski definition) is 3. The molecule has 0 bridgehead atoms. The molecule has 1 atom stereocenters. The standard InChI is InChI=1S/C16H11ClN2O4S/c17-9-5-6-12-11(7-9)15(14(8-18-12)24(22)23)19-13-4-2-1-3-10(13)16(20)21/h1-8H,(H,18,19)(H,20,21)(H,22,23). The van der Waals surface area contributed by atoms with Crippen LogP contribution in [0, 0.1) is 0 Å². The van der Waals surface area contributed by atoms with E-state index < -0.39 is 17.0 Å². The fraction of sp³-hybridized carbons (Fsp3) is 0. The number of fused-ring (bicyclic) bond motifs is 1. The predicted octanol–water partition coefficient (Wildman–Crippen LogP) is 3.91. The number of carbonyl (C=O) groups is 1. The molecule has 1 unspecified atom stereocenters. The number of halogens is 1. The first-order valence-electron chi connectivity index (χ1n) is 6.76. The van der Waals surface area contributed by atoms with E-state index in [2.05, 4.69) is 10.3 Å². The first-order valence-corrected chi connectivity index (χ1v) is 8.24. The zero-order valence-electron chi connectivity index (χ0n) is 12.1. The van der Waals surface area contributed by atoms with Crippen molar-refractivity contribution in [2.45, 2.75) is 4.90 Å². The van der Waals surface area contributed by atoms with Crippen LogP contribution in [-0.4, -0.2) is 24.8 Å². The molecule has 3 N–H and O–H groups in total. The van der Waals surface area contributed by atoms with Crippen LogP contribution in [0.15, 0.2) is 53.6 Å². The Morgan fingerprint density at radius 1 is 1.21 bits per heavy atom. The van der Waals surface area contributed by atoms with Crippen molar-refractivity contribution in [1.82, 2.24) is 4.98 Å². The molecule has 0 saturated carbocycles. The second-order valence-corrected chi connectivity index (χ2v) is 6.26. The highest BCUT2D eigenvalue weighted by Crippen LogP contribution is 2.33. The highest BCUT2D eigenvalue weighted by atomic mass is 35.5. The minimum Gasteiger partial charge on any atom is -0.478 e. The van der Waals surface area contributed by atoms with Crippen LogP contribution in [0.5, 0.6) is 0 Å². The molecule has 0 aliphatic heterocycles. The van der Waals surface area contributed by atoms with Gasteiger partial charge in [0.25, 0.3) is 0 Å². The summed E-state index contributed by atoms with van der Waals surface area (Å²) in [7, 11) is 0. The minimum absolute atomic E-state index is 0.0324. The number of carboxylic acid groups (broad SMARTS) is 1. The quantitative estimate of drug-likeness (QED) is 0.608. The molecule has 0 fully saturated rings. The van der Waals surface area contributed by atoms with Crippen molar-refractivity contribution in [2.75, 3.05) is 5.32 Å². The van der Waals surface area contributed by atoms with E-state index in [-0.39, 0.29) is 16.1 Å². The topological polar surface area (TPSA) is 99.5 Å². The van der Waals surface area contributed by atoms with E-state index in [0.717, 1.165) is 0 Å². The Labute approximate surface area is 144 Å². The molecule has 0 radical (unpaired) electrons. The molecule has 24 heavy (non-hydrogen) atoms. The van der Waals surface area contributed by atoms with Gasteiger partial charge >= 0.3 is 5.97 Å². The van der Waals surface area contributed by atoms with E-state index in [4.69, 9.17) is 11.6 Å². The third-order valence-corrected chi connectivity index (χ3v) is 4.32. The molecule has 0 aliphatic carbocycles. The summed E-state index contributed by atoms with van der Waals surface area (Å²) < 4.78 is 21.2. The summed E-state index contributed by atoms with van der Waals surface area (Å²) in [5.41, 5.74) is 1.18. The van der Waals surface area contributed by atoms with Gasteiger partial charge in [0, 0.05) is 16.6 Å². The lowest BCUT2D eigenvalue weighted by molar-refractivity contribution is 0.0698. The SMILES string of the molecule is O=C(O)c1ccccc1Nc1c(S(=O)O)cnc2ccc(Cl)cc12. The Hall–Kier alpha value is -2.48. The number of para-hydroxylation sites is 1. The summed E-state index contributed by atoms with van der Waals surface area (Å²) in [5, 5.41) is 13.2. The van der Waals surface area contributed by atoms with Gasteiger partial charge in [-0.1, -0.05) is 23.7 Å². The highest BCUT2D eigenvalue weighted by molar-refractivity contribution is 7.79. The van der Waals surface area contributed by atoms with E-state index in [0.29, 0.717) is 21.6 Å². The molecule has 0 spiro atoms. The fourth-order valence-corrected chi connectivity index (χ4v) is 2.97. The van der Waals surface area contributed by atoms with E-state index in [1.807, 2.05) is 0 Å². The van der Waals surface area contributed by atoms with Crippen LogP contribution in [0.2, 0.25) is 5.02 Å². The van der Waals surface area contributed by atoms with Crippen molar-refractivity contribution < 1.29 is 18.7 Å². The lowest BCUT2D eigenvalue weighted by atomic mass is 10.1. The molecular formula is C16H11ClN2O4S. The smallest absolute Gasteiger partial charge is 0.337 e. The number of aromatic carboxylic acids is 1. The molecule has 2 aromatic carbocycles. The van der Waals surface area contributed by atoms with Gasteiger partial charge in [-0.3, -0.25) is 4.98 Å². The van der Waals surface area contributed by atoms with Gasteiger partial charge < -0.3 is 15.0 Å². The Bertz CT molecular complexity index is 977. The maximum Gasteiger partial charge on any atom is 0.337 e. The average molecular weight is 363 g/mol. The maximum atomic E-state index is 11.6. The number of hydrogen-bond acceptors (Lipinski definition) is 4. The Balaban J connectivity index is 2.25. The van der Waals surface area contributed by atoms with Gasteiger partial charge in [-0.05, 0) is 30.3 Å². The van der Waals surface area contributed by atoms with Gasteiger partial charge in [-0.25, -0.2) is 9.00 Å². The molecule has 0 saturated heterocycles. The monoisotopic (exact) mass is 362 g/mol. The molecule has 6 nitrogen and oxygen atoms in total. The van der Waals surface area contributed by atoms with Gasteiger partial charge in [0.1, 0.15) is 4.90 Å². The van der Waals surface area contributed by atoms with Crippen LogP contribution in [0.1, 0.15) is 10.4 Å². The summed E-state index contributed by atoms with van der Waals surface area (Å²) in [6.07, 6.45) is 1.28. The Morgan fingerprint density at radius 2 is 1.96 bits per heavy atom. The van der Waals surface area contributed by atoms with Crippen molar-refractivity contribution in [1.29, 1.82) is 0 Å². The van der Waals surface area contributed by atoms with Crippen LogP contribution < -0.4 is 5.32 Å². The van der Waals surface area contributed by atoms with Crippen LogP contribution in [-0.2, 0) is 11.1 Å². The summed E-state index contributed by atoms with van der Waals surface area (Å²) in [5.74, 6) is -1.11. The molecule has 0 amide bonds. The zero-order chi connectivity index (χ0) is 17.3. The minimum atomic E-state index is -2.31. The second kappa shape index (κ2) is 6.56. The van der Waals surface area contributed by atoms with Crippen molar-refractivity contribution in [3.05, 3.63) is 59.2 Å². The number of rotatable bonds is 4. The van der Waals surface area contributed by atoms with Gasteiger partial charge in [-0.2, -0.15) is 0 Å². The first kappa shape index (κ1) is 16.4. The Morgan fingerprint density at radius 3 is 2.67 bits per heavy atom. The summed E-state index contributed by atoms with van der Waals surface area (Å²) in [4.78, 5) is 15.5. The van der Waals surface area contributed by atoms with Crippen LogP contribution in [0.25, 0.3) is 10.9 Å². The zero-order valence-corrected chi connectivity index (χ0v) is 13.6. The van der Waals surface area contributed by atoms with Gasteiger partial charge in [0.15, 0.2) is 11.1 Å². The van der Waals surface area contributed by atoms with Crippen LogP contribution in [0.4, 0.5) is 11.4 Å². The third-order valence-electron chi connectivity index (χ3n) is 3.40. The van der Waals surface area contributed by atoms with Crippen molar-refractivity contribution in [3.8, 4) is 0 Å². The largest absolute Gasteiger partial charge is 0.478 e. The summed E-state index contributed by atoms with van der Waals surface area (Å²) in [6, 6.07) is 11.2. The molecule has 8 heteroatoms. The van der Waals surface area contributed by atoms with E-state index in [9.17, 15) is 18.7 Å². The van der Waals surface area contributed by atoms with Crippen LogP contribution in [0.3, 0.4) is 0 Å². The molecule has 122 valence electrons. The number of aromatic nitrogens is 1. The van der Waals surface area contributed by atoms with Crippen LogP contribution >= 0.6 is 11.6 Å². The van der Waals surface area contributed by atoms with Gasteiger partial charge in [0.05, 0.1) is 22.5 Å². The van der Waals surface area contributed by atoms with E-state index in [1.165, 1.54) is 12.3 Å². The number of benzene rings is 2. The Kier molecular flexibility index (Phi) is 4.48. The number of carboxylic acids is 1. The fourth-order valence-electron chi connectivity index (χ4n) is 2.32. The van der Waals surface area contributed by atoms with Gasteiger partial charge in [-0.15, -0.1) is 0 Å². The average Bonchev–Trinajstić information content (AvgIpc) is 2.55. The molecule has 3 rings (SSSR count). The van der Waals surface area contributed by atoms with E-state index >= 15 is 0 Å². The molecule has 3 aromatic rings. The maximum absolute atomic E-state index is 11.6. The van der Waals surface area contributed by atoms with Crippen molar-refractivity contribution >= 4 is 50.9 Å². The molecule has 1 heterocycles. The number of pyridine rings is 1.